The molecule has 2 aromatic carbocycles. The van der Waals surface area contributed by atoms with Gasteiger partial charge in [-0.3, -0.25) is 8.71 Å². The Bertz CT molecular complexity index is 1340. The fraction of sp³-hybridized carbons (Fsp3) is 0.0526. The highest BCUT2D eigenvalue weighted by Crippen LogP contribution is 2.28. The number of halogens is 4. The number of sulfonamides is 1. The summed E-state index contributed by atoms with van der Waals surface area (Å²) in [6, 6.07) is 7.73. The normalized spacial score (nSPS) is 11.7. The molecule has 30 heavy (non-hydrogen) atoms. The van der Waals surface area contributed by atoms with Crippen LogP contribution in [0.25, 0.3) is 5.65 Å². The molecule has 0 aliphatic carbocycles. The number of nitrogens with zero attached hydrogens (tertiary/aromatic N) is 4. The molecule has 154 valence electrons. The summed E-state index contributed by atoms with van der Waals surface area (Å²) in [6.45, 7) is -0.525. The van der Waals surface area contributed by atoms with E-state index in [0.29, 0.717) is 17.8 Å². The van der Waals surface area contributed by atoms with Gasteiger partial charge in [0, 0.05) is 18.3 Å². The van der Waals surface area contributed by atoms with E-state index in [-0.39, 0.29) is 16.1 Å². The van der Waals surface area contributed by atoms with Gasteiger partial charge in [-0.15, -0.1) is 10.2 Å². The lowest BCUT2D eigenvalue weighted by atomic mass is 10.2. The van der Waals surface area contributed by atoms with E-state index in [1.807, 2.05) is 0 Å². The Morgan fingerprint density at radius 3 is 2.33 bits per heavy atom. The molecular weight excluding hydrogens is 424 g/mol. The molecule has 0 radical (unpaired) electrons. The first-order chi connectivity index (χ1) is 14.2. The molecule has 0 spiro atoms. The van der Waals surface area contributed by atoms with Gasteiger partial charge in [-0.1, -0.05) is 0 Å². The van der Waals surface area contributed by atoms with Gasteiger partial charge in [-0.25, -0.2) is 26.0 Å². The van der Waals surface area contributed by atoms with Gasteiger partial charge in [0.1, 0.15) is 22.9 Å². The molecule has 6 nitrogen and oxygen atoms in total. The van der Waals surface area contributed by atoms with Crippen molar-refractivity contribution in [3.05, 3.63) is 89.9 Å². The zero-order valence-corrected chi connectivity index (χ0v) is 15.8. The maximum absolute atomic E-state index is 13.8. The highest BCUT2D eigenvalue weighted by atomic mass is 32.2. The zero-order valence-electron chi connectivity index (χ0n) is 15.0. The summed E-state index contributed by atoms with van der Waals surface area (Å²) in [6.07, 6.45) is 2.53. The van der Waals surface area contributed by atoms with Crippen LogP contribution in [0.1, 0.15) is 5.56 Å². The van der Waals surface area contributed by atoms with Gasteiger partial charge in [0.05, 0.1) is 12.2 Å². The summed E-state index contributed by atoms with van der Waals surface area (Å²) in [5, 5.41) is 7.45. The molecule has 0 saturated heterocycles. The predicted octanol–water partition coefficient (Wildman–Crippen LogP) is 3.68. The second-order valence-corrected chi connectivity index (χ2v) is 8.21. The second-order valence-electron chi connectivity index (χ2n) is 6.35. The molecule has 2 aromatic heterocycles. The van der Waals surface area contributed by atoms with Crippen LogP contribution >= 0.6 is 0 Å². The minimum atomic E-state index is -4.35. The predicted molar refractivity (Wildman–Crippen MR) is 99.1 cm³/mol. The fourth-order valence-electron chi connectivity index (χ4n) is 2.91. The van der Waals surface area contributed by atoms with Crippen molar-refractivity contribution in [2.45, 2.75) is 11.4 Å². The summed E-state index contributed by atoms with van der Waals surface area (Å²) in [4.78, 5) is -0.212. The van der Waals surface area contributed by atoms with E-state index in [1.54, 1.807) is 0 Å². The first kappa shape index (κ1) is 19.8. The van der Waals surface area contributed by atoms with Crippen LogP contribution < -0.4 is 4.31 Å². The topological polar surface area (TPSA) is 67.6 Å². The molecule has 0 atom stereocenters. The summed E-state index contributed by atoms with van der Waals surface area (Å²) in [7, 11) is -4.35. The van der Waals surface area contributed by atoms with Gasteiger partial charge in [0.25, 0.3) is 10.0 Å². The van der Waals surface area contributed by atoms with Crippen LogP contribution in [-0.2, 0) is 16.6 Å². The van der Waals surface area contributed by atoms with Gasteiger partial charge in [0.2, 0.25) is 0 Å². The highest BCUT2D eigenvalue weighted by molar-refractivity contribution is 7.92. The summed E-state index contributed by atoms with van der Waals surface area (Å²) >= 11 is 0. The SMILES string of the molecule is O=S(=O)(c1ccc2nncn2c1)N(Cc1cc(F)cc(F)c1)c1ccc(F)c(F)c1. The number of pyridine rings is 1. The van der Waals surface area contributed by atoms with Crippen molar-refractivity contribution in [1.29, 1.82) is 0 Å². The van der Waals surface area contributed by atoms with Crippen LogP contribution in [0.15, 0.2) is 66.0 Å². The largest absolute Gasteiger partial charge is 0.288 e. The van der Waals surface area contributed by atoms with Crippen molar-refractivity contribution in [2.24, 2.45) is 0 Å². The number of anilines is 1. The Morgan fingerprint density at radius 2 is 1.63 bits per heavy atom. The van der Waals surface area contributed by atoms with E-state index in [9.17, 15) is 26.0 Å². The van der Waals surface area contributed by atoms with Crippen LogP contribution in [0.2, 0.25) is 0 Å². The maximum atomic E-state index is 13.8. The Hall–Kier alpha value is -3.47. The Balaban J connectivity index is 1.85. The zero-order chi connectivity index (χ0) is 21.5. The van der Waals surface area contributed by atoms with Crippen molar-refractivity contribution in [1.82, 2.24) is 14.6 Å². The molecule has 0 unspecified atom stereocenters. The van der Waals surface area contributed by atoms with E-state index in [0.717, 1.165) is 28.6 Å². The molecule has 0 bridgehead atoms. The Labute approximate surface area is 168 Å². The number of hydrogen-bond acceptors (Lipinski definition) is 4. The third-order valence-electron chi connectivity index (χ3n) is 4.29. The van der Waals surface area contributed by atoms with Gasteiger partial charge in [-0.2, -0.15) is 0 Å². The molecule has 0 N–H and O–H groups in total. The van der Waals surface area contributed by atoms with Crippen LogP contribution in [0.3, 0.4) is 0 Å². The molecule has 2 heterocycles. The van der Waals surface area contributed by atoms with E-state index in [1.165, 1.54) is 29.1 Å². The van der Waals surface area contributed by atoms with E-state index >= 15 is 0 Å². The second kappa shape index (κ2) is 7.41. The lowest BCUT2D eigenvalue weighted by Crippen LogP contribution is -2.31. The van der Waals surface area contributed by atoms with E-state index in [4.69, 9.17) is 0 Å². The van der Waals surface area contributed by atoms with Crippen LogP contribution in [0.5, 0.6) is 0 Å². The quantitative estimate of drug-likeness (QED) is 0.448. The standard InChI is InChI=1S/C19H12F4N4O2S/c20-13-5-12(6-14(21)7-13)9-27(15-1-3-17(22)18(23)8-15)30(28,29)16-2-4-19-25-24-11-26(19)10-16/h1-8,10-11H,9H2. The average Bonchev–Trinajstić information content (AvgIpc) is 3.15. The maximum Gasteiger partial charge on any atom is 0.266 e. The van der Waals surface area contributed by atoms with Gasteiger partial charge < -0.3 is 0 Å². The number of aromatic nitrogens is 3. The number of rotatable bonds is 5. The molecule has 4 aromatic rings. The van der Waals surface area contributed by atoms with Gasteiger partial charge in [-0.05, 0) is 42.0 Å². The Kier molecular flexibility index (Phi) is 4.90. The fourth-order valence-corrected chi connectivity index (χ4v) is 4.36. The summed E-state index contributed by atoms with van der Waals surface area (Å²) < 4.78 is 83.2. The molecule has 0 saturated carbocycles. The highest BCUT2D eigenvalue weighted by Gasteiger charge is 2.27. The molecule has 4 rings (SSSR count). The Morgan fingerprint density at radius 1 is 0.900 bits per heavy atom. The molecule has 11 heteroatoms. The molecular formula is C19H12F4N4O2S. The lowest BCUT2D eigenvalue weighted by Gasteiger charge is -2.25. The van der Waals surface area contributed by atoms with E-state index < -0.39 is 39.8 Å². The molecule has 0 fully saturated rings. The number of fused-ring (bicyclic) bond motifs is 1. The average molecular weight is 436 g/mol. The van der Waals surface area contributed by atoms with Crippen molar-refractivity contribution >= 4 is 21.4 Å². The number of benzene rings is 2. The van der Waals surface area contributed by atoms with Gasteiger partial charge >= 0.3 is 0 Å². The summed E-state index contributed by atoms with van der Waals surface area (Å²) in [5.41, 5.74) is 0.147. The van der Waals surface area contributed by atoms with Crippen LogP contribution in [0.4, 0.5) is 23.2 Å². The van der Waals surface area contributed by atoms with Crippen molar-refractivity contribution in [2.75, 3.05) is 4.31 Å². The van der Waals surface area contributed by atoms with E-state index in [2.05, 4.69) is 10.2 Å². The minimum Gasteiger partial charge on any atom is -0.288 e. The van der Waals surface area contributed by atoms with Crippen LogP contribution in [0, 0.1) is 23.3 Å². The third-order valence-corrected chi connectivity index (χ3v) is 6.05. The van der Waals surface area contributed by atoms with Crippen LogP contribution in [-0.4, -0.2) is 23.0 Å². The molecule has 0 aliphatic heterocycles. The smallest absolute Gasteiger partial charge is 0.266 e. The lowest BCUT2D eigenvalue weighted by molar-refractivity contribution is 0.508. The third kappa shape index (κ3) is 3.71. The molecule has 0 aliphatic rings. The van der Waals surface area contributed by atoms with Crippen molar-refractivity contribution in [3.8, 4) is 0 Å². The number of hydrogen-bond donors (Lipinski definition) is 0. The van der Waals surface area contributed by atoms with Crippen molar-refractivity contribution < 1.29 is 26.0 Å². The van der Waals surface area contributed by atoms with Crippen molar-refractivity contribution in [3.63, 3.8) is 0 Å². The first-order valence-electron chi connectivity index (χ1n) is 8.46. The van der Waals surface area contributed by atoms with Gasteiger partial charge in [0.15, 0.2) is 17.3 Å². The minimum absolute atomic E-state index is 0.0221. The summed E-state index contributed by atoms with van der Waals surface area (Å²) in [5.74, 6) is -4.25. The molecule has 0 amide bonds. The monoisotopic (exact) mass is 436 g/mol. The first-order valence-corrected chi connectivity index (χ1v) is 9.90.